The fraction of sp³-hybridized carbons (Fsp3) is 0.538. The normalized spacial score (nSPS) is 12.5. The van der Waals surface area contributed by atoms with E-state index in [0.29, 0.717) is 12.8 Å². The molecule has 0 aromatic heterocycles. The molecule has 1 rings (SSSR count). The van der Waals surface area contributed by atoms with Crippen molar-refractivity contribution in [3.63, 3.8) is 0 Å². The van der Waals surface area contributed by atoms with Crippen LogP contribution in [0.1, 0.15) is 31.7 Å². The molecule has 0 saturated heterocycles. The van der Waals surface area contributed by atoms with Crippen molar-refractivity contribution in [2.24, 2.45) is 0 Å². The molecule has 0 aliphatic carbocycles. The summed E-state index contributed by atoms with van der Waals surface area (Å²) in [7, 11) is 1.45. The number of aliphatic hydroxyl groups is 1. The zero-order valence-corrected chi connectivity index (χ0v) is 9.87. The van der Waals surface area contributed by atoms with Crippen LogP contribution in [0.3, 0.4) is 0 Å². The van der Waals surface area contributed by atoms with Gasteiger partial charge in [0.2, 0.25) is 0 Å². The van der Waals surface area contributed by atoms with Crippen molar-refractivity contribution in [2.75, 3.05) is 7.11 Å². The van der Waals surface area contributed by atoms with Gasteiger partial charge in [0.25, 0.3) is 0 Å². The molecule has 90 valence electrons. The molecule has 0 saturated carbocycles. The van der Waals surface area contributed by atoms with Gasteiger partial charge in [-0.2, -0.15) is 0 Å². The molecule has 1 aromatic carbocycles. The average Bonchev–Trinajstić information content (AvgIpc) is 2.27. The van der Waals surface area contributed by atoms with E-state index >= 15 is 0 Å². The van der Waals surface area contributed by atoms with E-state index in [-0.39, 0.29) is 17.7 Å². The van der Waals surface area contributed by atoms with E-state index in [9.17, 15) is 9.50 Å². The van der Waals surface area contributed by atoms with Crippen LogP contribution in [0.5, 0.6) is 5.75 Å². The summed E-state index contributed by atoms with van der Waals surface area (Å²) in [6.07, 6.45) is 2.87. The Bertz CT molecular complexity index is 326. The maximum absolute atomic E-state index is 13.3. The fourth-order valence-electron chi connectivity index (χ4n) is 1.68. The first kappa shape index (κ1) is 13.0. The van der Waals surface area contributed by atoms with Gasteiger partial charge in [0, 0.05) is 0 Å². The second-order valence-corrected chi connectivity index (χ2v) is 3.95. The van der Waals surface area contributed by atoms with Crippen molar-refractivity contribution < 1.29 is 14.2 Å². The molecule has 0 aliphatic heterocycles. The van der Waals surface area contributed by atoms with Crippen molar-refractivity contribution in [3.8, 4) is 5.75 Å². The minimum absolute atomic E-state index is 0.262. The molecule has 0 amide bonds. The number of methoxy groups -OCH3 is 1. The largest absolute Gasteiger partial charge is 0.494 e. The first-order chi connectivity index (χ1) is 7.67. The minimum Gasteiger partial charge on any atom is -0.494 e. The van der Waals surface area contributed by atoms with E-state index < -0.39 is 0 Å². The van der Waals surface area contributed by atoms with Gasteiger partial charge < -0.3 is 9.84 Å². The van der Waals surface area contributed by atoms with Gasteiger partial charge in [-0.05, 0) is 37.0 Å². The second kappa shape index (κ2) is 6.48. The molecule has 0 bridgehead atoms. The summed E-state index contributed by atoms with van der Waals surface area (Å²) in [6, 6.07) is 4.93. The molecule has 0 heterocycles. The van der Waals surface area contributed by atoms with E-state index in [2.05, 4.69) is 0 Å². The molecule has 0 aliphatic rings. The van der Waals surface area contributed by atoms with Gasteiger partial charge in [-0.1, -0.05) is 19.4 Å². The van der Waals surface area contributed by atoms with Crippen molar-refractivity contribution in [3.05, 3.63) is 29.6 Å². The fourth-order valence-corrected chi connectivity index (χ4v) is 1.68. The summed E-state index contributed by atoms with van der Waals surface area (Å²) < 4.78 is 18.2. The van der Waals surface area contributed by atoms with Gasteiger partial charge in [-0.25, -0.2) is 4.39 Å². The second-order valence-electron chi connectivity index (χ2n) is 3.95. The lowest BCUT2D eigenvalue weighted by Gasteiger charge is -2.09. The molecule has 2 nitrogen and oxygen atoms in total. The van der Waals surface area contributed by atoms with Gasteiger partial charge >= 0.3 is 0 Å². The Morgan fingerprint density at radius 2 is 2.12 bits per heavy atom. The average molecular weight is 226 g/mol. The summed E-state index contributed by atoms with van der Waals surface area (Å²) in [5, 5.41) is 9.56. The number of aliphatic hydroxyl groups excluding tert-OH is 1. The first-order valence-electron chi connectivity index (χ1n) is 5.67. The molecule has 1 aromatic rings. The SMILES string of the molecule is CCCC(O)CCc1ccc(OC)c(F)c1. The predicted octanol–water partition coefficient (Wildman–Crippen LogP) is 2.93. The standard InChI is InChI=1S/C13H19FO2/c1-3-4-11(15)7-5-10-6-8-13(16-2)12(14)9-10/h6,8-9,11,15H,3-5,7H2,1-2H3. The Balaban J connectivity index is 2.51. The maximum atomic E-state index is 13.3. The van der Waals surface area contributed by atoms with Gasteiger partial charge in [0.1, 0.15) is 0 Å². The van der Waals surface area contributed by atoms with Crippen molar-refractivity contribution in [2.45, 2.75) is 38.7 Å². The Morgan fingerprint density at radius 3 is 2.69 bits per heavy atom. The maximum Gasteiger partial charge on any atom is 0.165 e. The summed E-state index contributed by atoms with van der Waals surface area (Å²) in [4.78, 5) is 0. The van der Waals surface area contributed by atoms with E-state index in [1.807, 2.05) is 13.0 Å². The minimum atomic E-state index is -0.343. The number of halogens is 1. The molecular weight excluding hydrogens is 207 g/mol. The van der Waals surface area contributed by atoms with Crippen molar-refractivity contribution >= 4 is 0 Å². The van der Waals surface area contributed by atoms with Crippen LogP contribution in [0.4, 0.5) is 4.39 Å². The molecule has 1 unspecified atom stereocenters. The molecule has 0 spiro atoms. The zero-order valence-electron chi connectivity index (χ0n) is 9.87. The van der Waals surface area contributed by atoms with Crippen LogP contribution in [0.15, 0.2) is 18.2 Å². The number of rotatable bonds is 6. The van der Waals surface area contributed by atoms with Gasteiger partial charge in [-0.15, -0.1) is 0 Å². The van der Waals surface area contributed by atoms with Crippen LogP contribution < -0.4 is 4.74 Å². The topological polar surface area (TPSA) is 29.5 Å². The van der Waals surface area contributed by atoms with Crippen LogP contribution in [-0.4, -0.2) is 18.3 Å². The third-order valence-electron chi connectivity index (χ3n) is 2.60. The number of hydrogen-bond acceptors (Lipinski definition) is 2. The molecule has 1 N–H and O–H groups in total. The van der Waals surface area contributed by atoms with E-state index in [1.165, 1.54) is 13.2 Å². The highest BCUT2D eigenvalue weighted by atomic mass is 19.1. The Hall–Kier alpha value is -1.09. The summed E-state index contributed by atoms with van der Waals surface area (Å²) in [5.41, 5.74) is 0.897. The van der Waals surface area contributed by atoms with E-state index in [1.54, 1.807) is 6.07 Å². The van der Waals surface area contributed by atoms with Crippen molar-refractivity contribution in [1.82, 2.24) is 0 Å². The highest BCUT2D eigenvalue weighted by Gasteiger charge is 2.06. The molecule has 0 radical (unpaired) electrons. The lowest BCUT2D eigenvalue weighted by molar-refractivity contribution is 0.154. The Morgan fingerprint density at radius 1 is 1.38 bits per heavy atom. The van der Waals surface area contributed by atoms with Crippen LogP contribution >= 0.6 is 0 Å². The molecular formula is C13H19FO2. The summed E-state index contributed by atoms with van der Waals surface area (Å²) in [5.74, 6) is -0.0807. The quantitative estimate of drug-likeness (QED) is 0.808. The smallest absolute Gasteiger partial charge is 0.165 e. The lowest BCUT2D eigenvalue weighted by atomic mass is 10.0. The van der Waals surface area contributed by atoms with E-state index in [4.69, 9.17) is 4.74 Å². The lowest BCUT2D eigenvalue weighted by Crippen LogP contribution is -2.07. The first-order valence-corrected chi connectivity index (χ1v) is 5.67. The van der Waals surface area contributed by atoms with Gasteiger partial charge in [0.05, 0.1) is 13.2 Å². The van der Waals surface area contributed by atoms with Gasteiger partial charge in [0.15, 0.2) is 11.6 Å². The van der Waals surface area contributed by atoms with E-state index in [0.717, 1.165) is 18.4 Å². The zero-order chi connectivity index (χ0) is 12.0. The molecule has 0 fully saturated rings. The number of benzene rings is 1. The number of hydrogen-bond donors (Lipinski definition) is 1. The predicted molar refractivity (Wildman–Crippen MR) is 62.2 cm³/mol. The molecule has 1 atom stereocenters. The summed E-state index contributed by atoms with van der Waals surface area (Å²) in [6.45, 7) is 2.04. The molecule has 3 heteroatoms. The monoisotopic (exact) mass is 226 g/mol. The molecule has 16 heavy (non-hydrogen) atoms. The highest BCUT2D eigenvalue weighted by Crippen LogP contribution is 2.19. The Kier molecular flexibility index (Phi) is 5.26. The third-order valence-corrected chi connectivity index (χ3v) is 2.60. The number of ether oxygens (including phenoxy) is 1. The Labute approximate surface area is 96.1 Å². The van der Waals surface area contributed by atoms with Gasteiger partial charge in [-0.3, -0.25) is 0 Å². The van der Waals surface area contributed by atoms with Crippen molar-refractivity contribution in [1.29, 1.82) is 0 Å². The van der Waals surface area contributed by atoms with Crippen LogP contribution in [0.25, 0.3) is 0 Å². The summed E-state index contributed by atoms with van der Waals surface area (Å²) >= 11 is 0. The third kappa shape index (κ3) is 3.81. The van der Waals surface area contributed by atoms with Crippen LogP contribution in [0, 0.1) is 5.82 Å². The number of aryl methyl sites for hydroxylation is 1. The van der Waals surface area contributed by atoms with Crippen LogP contribution in [0.2, 0.25) is 0 Å². The van der Waals surface area contributed by atoms with Crippen LogP contribution in [-0.2, 0) is 6.42 Å². The highest BCUT2D eigenvalue weighted by molar-refractivity contribution is 5.29.